The van der Waals surface area contributed by atoms with Crippen molar-refractivity contribution in [3.63, 3.8) is 0 Å². The molecule has 0 unspecified atom stereocenters. The number of hydrogen-bond acceptors (Lipinski definition) is 4. The molecule has 0 aliphatic carbocycles. The highest BCUT2D eigenvalue weighted by Gasteiger charge is 2.28. The fourth-order valence-electron chi connectivity index (χ4n) is 1.46. The molecule has 0 saturated carbocycles. The van der Waals surface area contributed by atoms with Crippen LogP contribution in [0, 0.1) is 0 Å². The van der Waals surface area contributed by atoms with Crippen LogP contribution in [-0.2, 0) is 20.0 Å². The Hall–Kier alpha value is -0.180. The van der Waals surface area contributed by atoms with E-state index in [4.69, 9.17) is 0 Å². The Morgan fingerprint density at radius 1 is 0.933 bits per heavy atom. The zero-order valence-electron chi connectivity index (χ0n) is 8.88. The van der Waals surface area contributed by atoms with Gasteiger partial charge in [0.2, 0.25) is 20.0 Å². The Labute approximate surface area is 91.0 Å². The molecule has 0 aromatic heterocycles. The fraction of sp³-hybridized carbons (Fsp3) is 1.00. The van der Waals surface area contributed by atoms with Crippen molar-refractivity contribution in [2.45, 2.75) is 6.92 Å². The van der Waals surface area contributed by atoms with Crippen molar-refractivity contribution in [2.75, 3.05) is 38.2 Å². The molecule has 1 heterocycles. The molecule has 0 N–H and O–H groups in total. The van der Waals surface area contributed by atoms with Crippen LogP contribution in [0.2, 0.25) is 0 Å². The van der Waals surface area contributed by atoms with Gasteiger partial charge in [-0.1, -0.05) is 0 Å². The monoisotopic (exact) mass is 256 g/mol. The maximum atomic E-state index is 11.5. The second-order valence-corrected chi connectivity index (χ2v) is 7.70. The first-order valence-electron chi connectivity index (χ1n) is 4.70. The molecule has 0 bridgehead atoms. The highest BCUT2D eigenvalue weighted by molar-refractivity contribution is 7.89. The first-order chi connectivity index (χ1) is 6.77. The van der Waals surface area contributed by atoms with E-state index in [2.05, 4.69) is 0 Å². The molecule has 0 aromatic carbocycles. The lowest BCUT2D eigenvalue weighted by atomic mass is 10.4. The predicted molar refractivity (Wildman–Crippen MR) is 57.5 cm³/mol. The van der Waals surface area contributed by atoms with Crippen LogP contribution in [0.5, 0.6) is 0 Å². The van der Waals surface area contributed by atoms with E-state index < -0.39 is 20.0 Å². The first-order valence-corrected chi connectivity index (χ1v) is 8.16. The van der Waals surface area contributed by atoms with Crippen molar-refractivity contribution in [2.24, 2.45) is 0 Å². The quantitative estimate of drug-likeness (QED) is 0.643. The predicted octanol–water partition coefficient (Wildman–Crippen LogP) is -1.09. The van der Waals surface area contributed by atoms with Gasteiger partial charge in [-0.3, -0.25) is 0 Å². The summed E-state index contributed by atoms with van der Waals surface area (Å²) >= 11 is 0. The van der Waals surface area contributed by atoms with E-state index in [1.807, 2.05) is 0 Å². The van der Waals surface area contributed by atoms with Gasteiger partial charge in [0, 0.05) is 26.2 Å². The zero-order chi connectivity index (χ0) is 11.7. The van der Waals surface area contributed by atoms with Gasteiger partial charge >= 0.3 is 0 Å². The molecule has 1 aliphatic heterocycles. The normalized spacial score (nSPS) is 21.7. The van der Waals surface area contributed by atoms with Crippen LogP contribution < -0.4 is 0 Å². The molecule has 0 spiro atoms. The highest BCUT2D eigenvalue weighted by atomic mass is 32.2. The van der Waals surface area contributed by atoms with Crippen molar-refractivity contribution >= 4 is 20.0 Å². The number of hydrogen-bond donors (Lipinski definition) is 0. The highest BCUT2D eigenvalue weighted by Crippen LogP contribution is 2.10. The minimum Gasteiger partial charge on any atom is -0.213 e. The van der Waals surface area contributed by atoms with Crippen LogP contribution in [0.3, 0.4) is 0 Å². The van der Waals surface area contributed by atoms with Crippen molar-refractivity contribution in [3.8, 4) is 0 Å². The van der Waals surface area contributed by atoms with E-state index in [1.54, 1.807) is 6.92 Å². The summed E-state index contributed by atoms with van der Waals surface area (Å²) in [5.74, 6) is 0.0614. The van der Waals surface area contributed by atoms with Crippen LogP contribution in [0.1, 0.15) is 6.92 Å². The van der Waals surface area contributed by atoms with Crippen molar-refractivity contribution < 1.29 is 16.8 Å². The van der Waals surface area contributed by atoms with Gasteiger partial charge in [-0.25, -0.2) is 16.8 Å². The Kier molecular flexibility index (Phi) is 3.75. The van der Waals surface area contributed by atoms with E-state index in [1.165, 1.54) is 8.61 Å². The van der Waals surface area contributed by atoms with Crippen LogP contribution in [0.25, 0.3) is 0 Å². The number of sulfonamides is 2. The fourth-order valence-corrected chi connectivity index (χ4v) is 3.37. The number of piperazine rings is 1. The molecule has 1 aliphatic rings. The summed E-state index contributed by atoms with van der Waals surface area (Å²) in [5.41, 5.74) is 0. The van der Waals surface area contributed by atoms with Crippen LogP contribution in [-0.4, -0.2) is 63.6 Å². The van der Waals surface area contributed by atoms with Crippen LogP contribution in [0.4, 0.5) is 0 Å². The molecule has 8 heteroatoms. The van der Waals surface area contributed by atoms with E-state index in [0.29, 0.717) is 0 Å². The van der Waals surface area contributed by atoms with Gasteiger partial charge < -0.3 is 0 Å². The van der Waals surface area contributed by atoms with E-state index in [0.717, 1.165) is 6.26 Å². The average Bonchev–Trinajstić information content (AvgIpc) is 2.17. The van der Waals surface area contributed by atoms with Gasteiger partial charge in [0.1, 0.15) is 0 Å². The second-order valence-electron chi connectivity index (χ2n) is 3.46. The van der Waals surface area contributed by atoms with Gasteiger partial charge in [-0.15, -0.1) is 0 Å². The minimum atomic E-state index is -3.19. The third kappa shape index (κ3) is 3.13. The van der Waals surface area contributed by atoms with E-state index in [-0.39, 0.29) is 31.9 Å². The molecule has 0 amide bonds. The Balaban J connectivity index is 2.65. The molecule has 1 fully saturated rings. The van der Waals surface area contributed by atoms with E-state index >= 15 is 0 Å². The second kappa shape index (κ2) is 4.36. The molecule has 0 aromatic rings. The summed E-state index contributed by atoms with van der Waals surface area (Å²) < 4.78 is 47.9. The Morgan fingerprint density at radius 2 is 1.33 bits per heavy atom. The molecule has 1 rings (SSSR count). The lowest BCUT2D eigenvalue weighted by Crippen LogP contribution is -2.50. The molecule has 1 saturated heterocycles. The maximum Gasteiger partial charge on any atom is 0.213 e. The largest absolute Gasteiger partial charge is 0.213 e. The molecular weight excluding hydrogens is 240 g/mol. The lowest BCUT2D eigenvalue weighted by molar-refractivity contribution is 0.274. The molecule has 6 nitrogen and oxygen atoms in total. The van der Waals surface area contributed by atoms with Gasteiger partial charge in [-0.2, -0.15) is 8.61 Å². The molecule has 0 atom stereocenters. The molecular formula is C7H16N2O4S2. The van der Waals surface area contributed by atoms with Crippen molar-refractivity contribution in [1.82, 2.24) is 8.61 Å². The molecule has 90 valence electrons. The topological polar surface area (TPSA) is 74.8 Å². The Morgan fingerprint density at radius 3 is 1.67 bits per heavy atom. The van der Waals surface area contributed by atoms with Crippen molar-refractivity contribution in [1.29, 1.82) is 0 Å². The van der Waals surface area contributed by atoms with Gasteiger partial charge in [0.15, 0.2) is 0 Å². The molecule has 0 radical (unpaired) electrons. The van der Waals surface area contributed by atoms with Crippen LogP contribution in [0.15, 0.2) is 0 Å². The summed E-state index contributed by atoms with van der Waals surface area (Å²) in [7, 11) is -6.37. The Bertz CT molecular complexity index is 406. The van der Waals surface area contributed by atoms with Crippen LogP contribution >= 0.6 is 0 Å². The number of nitrogens with zero attached hydrogens (tertiary/aromatic N) is 2. The summed E-state index contributed by atoms with van der Waals surface area (Å²) in [5, 5.41) is 0. The third-order valence-corrected chi connectivity index (χ3v) is 5.61. The standard InChI is InChI=1S/C7H16N2O4S2/c1-3-15(12,13)9-6-4-8(5-7-9)14(2,10)11/h3-7H2,1-2H3. The molecule has 15 heavy (non-hydrogen) atoms. The van der Waals surface area contributed by atoms with Gasteiger partial charge in [0.25, 0.3) is 0 Å². The first kappa shape index (κ1) is 12.9. The minimum absolute atomic E-state index is 0.0614. The number of rotatable bonds is 3. The smallest absolute Gasteiger partial charge is 0.213 e. The SMILES string of the molecule is CCS(=O)(=O)N1CCN(S(C)(=O)=O)CC1. The van der Waals surface area contributed by atoms with Gasteiger partial charge in [0.05, 0.1) is 12.0 Å². The summed E-state index contributed by atoms with van der Waals surface area (Å²) in [4.78, 5) is 0. The lowest BCUT2D eigenvalue weighted by Gasteiger charge is -2.32. The maximum absolute atomic E-state index is 11.5. The summed E-state index contributed by atoms with van der Waals surface area (Å²) in [6.07, 6.45) is 1.14. The third-order valence-electron chi connectivity index (χ3n) is 2.42. The van der Waals surface area contributed by atoms with Crippen molar-refractivity contribution in [3.05, 3.63) is 0 Å². The summed E-state index contributed by atoms with van der Waals surface area (Å²) in [6, 6.07) is 0. The summed E-state index contributed by atoms with van der Waals surface area (Å²) in [6.45, 7) is 2.58. The van der Waals surface area contributed by atoms with Gasteiger partial charge in [-0.05, 0) is 6.92 Å². The zero-order valence-corrected chi connectivity index (χ0v) is 10.5. The average molecular weight is 256 g/mol. The van der Waals surface area contributed by atoms with E-state index in [9.17, 15) is 16.8 Å².